The first-order chi connectivity index (χ1) is 6.62. The molecule has 0 aromatic heterocycles. The van der Waals surface area contributed by atoms with Crippen molar-refractivity contribution in [3.63, 3.8) is 0 Å². The van der Waals surface area contributed by atoms with Crippen LogP contribution >= 0.6 is 7.60 Å². The molecule has 0 heterocycles. The van der Waals surface area contributed by atoms with Crippen molar-refractivity contribution in [1.82, 2.24) is 0 Å². The van der Waals surface area contributed by atoms with Crippen LogP contribution < -0.4 is 0 Å². The van der Waals surface area contributed by atoms with Crippen molar-refractivity contribution in [3.05, 3.63) is 11.4 Å². The molecule has 0 aromatic rings. The van der Waals surface area contributed by atoms with Gasteiger partial charge in [0.2, 0.25) is 0 Å². The molecule has 4 heteroatoms. The molecule has 0 spiro atoms. The van der Waals surface area contributed by atoms with Gasteiger partial charge in [-0.05, 0) is 32.6 Å². The minimum atomic E-state index is -2.94. The maximum atomic E-state index is 12.2. The third-order valence-electron chi connectivity index (χ3n) is 2.28. The maximum Gasteiger partial charge on any atom is 0.356 e. The standard InChI is InChI=1S/C10H19O3P/c1-4-12-14(11,13-5-2)10-7-6-9(3)8-10/h8-9H,4-7H2,1-3H3. The molecule has 82 valence electrons. The highest BCUT2D eigenvalue weighted by Gasteiger charge is 2.32. The Morgan fingerprint density at radius 2 is 2.00 bits per heavy atom. The molecule has 1 rings (SSSR count). The van der Waals surface area contributed by atoms with Gasteiger partial charge in [0, 0.05) is 5.31 Å². The molecule has 0 radical (unpaired) electrons. The molecule has 0 bridgehead atoms. The molecule has 0 fully saturated rings. The van der Waals surface area contributed by atoms with Gasteiger partial charge in [-0.1, -0.05) is 13.0 Å². The third-order valence-corrected chi connectivity index (χ3v) is 4.56. The summed E-state index contributed by atoms with van der Waals surface area (Å²) < 4.78 is 22.8. The second-order valence-corrected chi connectivity index (χ2v) is 5.59. The zero-order valence-corrected chi connectivity index (χ0v) is 10.0. The summed E-state index contributed by atoms with van der Waals surface area (Å²) in [5, 5.41) is 0.869. The predicted molar refractivity (Wildman–Crippen MR) is 57.3 cm³/mol. The Labute approximate surface area is 86.0 Å². The number of hydrogen-bond acceptors (Lipinski definition) is 3. The van der Waals surface area contributed by atoms with Crippen LogP contribution in [-0.2, 0) is 13.6 Å². The summed E-state index contributed by atoms with van der Waals surface area (Å²) in [6, 6.07) is 0. The Kier molecular flexibility index (Phi) is 4.36. The summed E-state index contributed by atoms with van der Waals surface area (Å²) >= 11 is 0. The Morgan fingerprint density at radius 3 is 2.36 bits per heavy atom. The molecule has 1 aliphatic rings. The van der Waals surface area contributed by atoms with Crippen molar-refractivity contribution in [2.45, 2.75) is 33.6 Å². The molecule has 0 N–H and O–H groups in total. The Hall–Kier alpha value is -0.110. The molecule has 0 aromatic carbocycles. The van der Waals surface area contributed by atoms with Gasteiger partial charge in [0.15, 0.2) is 0 Å². The van der Waals surface area contributed by atoms with Crippen molar-refractivity contribution in [1.29, 1.82) is 0 Å². The first-order valence-electron chi connectivity index (χ1n) is 5.22. The lowest BCUT2D eigenvalue weighted by Gasteiger charge is -2.17. The van der Waals surface area contributed by atoms with Crippen LogP contribution in [0.25, 0.3) is 0 Å². The molecule has 3 nitrogen and oxygen atoms in total. The third kappa shape index (κ3) is 2.69. The maximum absolute atomic E-state index is 12.2. The average Bonchev–Trinajstić information content (AvgIpc) is 2.53. The number of allylic oxidation sites excluding steroid dienone is 2. The quantitative estimate of drug-likeness (QED) is 0.662. The molecule has 0 saturated heterocycles. The molecular weight excluding hydrogens is 199 g/mol. The smallest absolute Gasteiger partial charge is 0.306 e. The normalized spacial score (nSPS) is 22.5. The highest BCUT2D eigenvalue weighted by atomic mass is 31.2. The van der Waals surface area contributed by atoms with E-state index >= 15 is 0 Å². The van der Waals surface area contributed by atoms with Crippen LogP contribution in [0.3, 0.4) is 0 Å². The van der Waals surface area contributed by atoms with E-state index in [1.54, 1.807) is 0 Å². The van der Waals surface area contributed by atoms with Crippen molar-refractivity contribution in [2.24, 2.45) is 5.92 Å². The second-order valence-electron chi connectivity index (χ2n) is 3.51. The molecule has 0 saturated carbocycles. The fourth-order valence-electron chi connectivity index (χ4n) is 1.64. The fraction of sp³-hybridized carbons (Fsp3) is 0.800. The van der Waals surface area contributed by atoms with Gasteiger partial charge >= 0.3 is 7.60 Å². The van der Waals surface area contributed by atoms with Gasteiger partial charge in [-0.2, -0.15) is 0 Å². The summed E-state index contributed by atoms with van der Waals surface area (Å²) in [6.07, 6.45) is 3.93. The minimum absolute atomic E-state index is 0.434. The lowest BCUT2D eigenvalue weighted by atomic mass is 10.2. The fourth-order valence-corrected chi connectivity index (χ4v) is 3.57. The highest BCUT2D eigenvalue weighted by Crippen LogP contribution is 2.59. The highest BCUT2D eigenvalue weighted by molar-refractivity contribution is 7.58. The number of hydrogen-bond donors (Lipinski definition) is 0. The zero-order chi connectivity index (χ0) is 10.6. The van der Waals surface area contributed by atoms with Crippen molar-refractivity contribution >= 4 is 7.60 Å². The molecule has 0 amide bonds. The van der Waals surface area contributed by atoms with Crippen LogP contribution in [0.15, 0.2) is 11.4 Å². The van der Waals surface area contributed by atoms with E-state index in [2.05, 4.69) is 6.92 Å². The van der Waals surface area contributed by atoms with E-state index in [4.69, 9.17) is 9.05 Å². The van der Waals surface area contributed by atoms with E-state index < -0.39 is 7.60 Å². The van der Waals surface area contributed by atoms with E-state index in [-0.39, 0.29) is 0 Å². The molecule has 1 aliphatic carbocycles. The zero-order valence-electron chi connectivity index (χ0n) is 9.16. The van der Waals surface area contributed by atoms with Crippen LogP contribution in [0.2, 0.25) is 0 Å². The minimum Gasteiger partial charge on any atom is -0.306 e. The summed E-state index contributed by atoms with van der Waals surface area (Å²) in [7, 11) is -2.94. The Bertz CT molecular complexity index is 250. The Morgan fingerprint density at radius 1 is 1.43 bits per heavy atom. The predicted octanol–water partition coefficient (Wildman–Crippen LogP) is 3.57. The molecule has 0 aliphatic heterocycles. The molecular formula is C10H19O3P. The van der Waals surface area contributed by atoms with E-state index in [1.807, 2.05) is 19.9 Å². The van der Waals surface area contributed by atoms with Gasteiger partial charge in [0.25, 0.3) is 0 Å². The van der Waals surface area contributed by atoms with Gasteiger partial charge in [-0.3, -0.25) is 4.57 Å². The summed E-state index contributed by atoms with van der Waals surface area (Å²) in [5.41, 5.74) is 0. The second kappa shape index (κ2) is 5.11. The van der Waals surface area contributed by atoms with Gasteiger partial charge in [0.05, 0.1) is 13.2 Å². The average molecular weight is 218 g/mol. The SMILES string of the molecule is CCOP(=O)(OCC)C1=CC(C)CC1. The van der Waals surface area contributed by atoms with Crippen LogP contribution in [-0.4, -0.2) is 13.2 Å². The topological polar surface area (TPSA) is 35.5 Å². The first-order valence-corrected chi connectivity index (χ1v) is 6.77. The van der Waals surface area contributed by atoms with E-state index in [1.165, 1.54) is 0 Å². The first kappa shape index (κ1) is 12.0. The van der Waals surface area contributed by atoms with Crippen molar-refractivity contribution < 1.29 is 13.6 Å². The lowest BCUT2D eigenvalue weighted by molar-refractivity contribution is 0.226. The van der Waals surface area contributed by atoms with Gasteiger partial charge in [-0.15, -0.1) is 0 Å². The van der Waals surface area contributed by atoms with E-state index in [9.17, 15) is 4.57 Å². The summed E-state index contributed by atoms with van der Waals surface area (Å²) in [4.78, 5) is 0. The van der Waals surface area contributed by atoms with Gasteiger partial charge < -0.3 is 9.05 Å². The molecule has 1 atom stereocenters. The van der Waals surface area contributed by atoms with Crippen LogP contribution in [0.1, 0.15) is 33.6 Å². The Balaban J connectivity index is 2.77. The van der Waals surface area contributed by atoms with Crippen molar-refractivity contribution in [2.75, 3.05) is 13.2 Å². The van der Waals surface area contributed by atoms with Crippen molar-refractivity contribution in [3.8, 4) is 0 Å². The number of rotatable bonds is 5. The van der Waals surface area contributed by atoms with Crippen LogP contribution in [0.5, 0.6) is 0 Å². The molecule has 1 unspecified atom stereocenters. The largest absolute Gasteiger partial charge is 0.356 e. The van der Waals surface area contributed by atoms with E-state index in [0.29, 0.717) is 19.1 Å². The van der Waals surface area contributed by atoms with Gasteiger partial charge in [0.1, 0.15) is 0 Å². The summed E-state index contributed by atoms with van der Waals surface area (Å²) in [6.45, 7) is 6.66. The lowest BCUT2D eigenvalue weighted by Crippen LogP contribution is -1.97. The van der Waals surface area contributed by atoms with Gasteiger partial charge in [-0.25, -0.2) is 0 Å². The monoisotopic (exact) mass is 218 g/mol. The van der Waals surface area contributed by atoms with Crippen LogP contribution in [0, 0.1) is 5.92 Å². The van der Waals surface area contributed by atoms with Crippen LogP contribution in [0.4, 0.5) is 0 Å². The summed E-state index contributed by atoms with van der Waals surface area (Å²) in [5.74, 6) is 0.499. The molecule has 14 heavy (non-hydrogen) atoms. The van der Waals surface area contributed by atoms with E-state index in [0.717, 1.165) is 18.2 Å².